The van der Waals surface area contributed by atoms with Crippen LogP contribution in [0.15, 0.2) is 30.3 Å². The van der Waals surface area contributed by atoms with Gasteiger partial charge in [-0.3, -0.25) is 4.79 Å². The van der Waals surface area contributed by atoms with Crippen LogP contribution in [0.5, 0.6) is 5.88 Å². The Morgan fingerprint density at radius 1 is 1.29 bits per heavy atom. The van der Waals surface area contributed by atoms with Crippen molar-refractivity contribution in [3.8, 4) is 5.88 Å². The molecule has 0 bridgehead atoms. The number of anilines is 2. The van der Waals surface area contributed by atoms with E-state index in [4.69, 9.17) is 4.74 Å². The molecule has 0 saturated heterocycles. The standard InChI is InChI=1S/C17H21FN4O2/c1-3-4-8-19-15(23)11-24-16-9-12(2)20-17(22-16)21-14-7-5-6-13(18)10-14/h5-7,9-10H,3-4,8,11H2,1-2H3,(H,19,23)(H,20,21,22). The van der Waals surface area contributed by atoms with E-state index in [9.17, 15) is 9.18 Å². The number of hydrogen-bond acceptors (Lipinski definition) is 5. The minimum atomic E-state index is -0.354. The zero-order valence-corrected chi connectivity index (χ0v) is 13.8. The molecular weight excluding hydrogens is 311 g/mol. The predicted molar refractivity (Wildman–Crippen MR) is 89.9 cm³/mol. The second-order valence-corrected chi connectivity index (χ2v) is 5.30. The quantitative estimate of drug-likeness (QED) is 0.727. The summed E-state index contributed by atoms with van der Waals surface area (Å²) < 4.78 is 18.6. The van der Waals surface area contributed by atoms with Gasteiger partial charge in [0, 0.05) is 24.0 Å². The molecule has 7 heteroatoms. The van der Waals surface area contributed by atoms with E-state index in [0.717, 1.165) is 12.8 Å². The number of nitrogens with zero attached hydrogens (tertiary/aromatic N) is 2. The third-order valence-electron chi connectivity index (χ3n) is 3.12. The summed E-state index contributed by atoms with van der Waals surface area (Å²) in [5, 5.41) is 5.68. The lowest BCUT2D eigenvalue weighted by Crippen LogP contribution is -2.29. The van der Waals surface area contributed by atoms with Crippen LogP contribution in [0.1, 0.15) is 25.5 Å². The van der Waals surface area contributed by atoms with Crippen LogP contribution >= 0.6 is 0 Å². The molecule has 2 rings (SSSR count). The molecule has 1 aromatic carbocycles. The van der Waals surface area contributed by atoms with Crippen LogP contribution in [-0.2, 0) is 4.79 Å². The minimum absolute atomic E-state index is 0.112. The van der Waals surface area contributed by atoms with E-state index >= 15 is 0 Å². The van der Waals surface area contributed by atoms with Crippen LogP contribution in [0.3, 0.4) is 0 Å². The lowest BCUT2D eigenvalue weighted by atomic mass is 10.3. The Kier molecular flexibility index (Phi) is 6.48. The van der Waals surface area contributed by atoms with Gasteiger partial charge in [0.1, 0.15) is 5.82 Å². The van der Waals surface area contributed by atoms with Crippen LogP contribution in [0.4, 0.5) is 16.0 Å². The van der Waals surface area contributed by atoms with Crippen LogP contribution in [0, 0.1) is 12.7 Å². The van der Waals surface area contributed by atoms with E-state index in [0.29, 0.717) is 17.9 Å². The van der Waals surface area contributed by atoms with Gasteiger partial charge in [-0.2, -0.15) is 4.98 Å². The molecule has 1 aromatic heterocycles. The Morgan fingerprint density at radius 3 is 2.88 bits per heavy atom. The van der Waals surface area contributed by atoms with Gasteiger partial charge in [0.25, 0.3) is 5.91 Å². The second kappa shape index (κ2) is 8.81. The van der Waals surface area contributed by atoms with Crippen LogP contribution in [-0.4, -0.2) is 29.0 Å². The molecule has 0 saturated carbocycles. The highest BCUT2D eigenvalue weighted by Gasteiger charge is 2.07. The fraction of sp³-hybridized carbons (Fsp3) is 0.353. The van der Waals surface area contributed by atoms with Gasteiger partial charge >= 0.3 is 0 Å². The fourth-order valence-electron chi connectivity index (χ4n) is 1.96. The lowest BCUT2D eigenvalue weighted by molar-refractivity contribution is -0.123. The zero-order chi connectivity index (χ0) is 17.4. The smallest absolute Gasteiger partial charge is 0.258 e. The average Bonchev–Trinajstić information content (AvgIpc) is 2.53. The summed E-state index contributed by atoms with van der Waals surface area (Å²) in [6.07, 6.45) is 1.95. The number of unbranched alkanes of at least 4 members (excludes halogenated alkanes) is 1. The summed E-state index contributed by atoms with van der Waals surface area (Å²) in [6, 6.07) is 7.62. The van der Waals surface area contributed by atoms with Crippen molar-refractivity contribution in [1.29, 1.82) is 0 Å². The molecule has 0 fully saturated rings. The summed E-state index contributed by atoms with van der Waals surface area (Å²) in [7, 11) is 0. The topological polar surface area (TPSA) is 76.1 Å². The van der Waals surface area contributed by atoms with Gasteiger partial charge in [0.15, 0.2) is 6.61 Å². The van der Waals surface area contributed by atoms with Gasteiger partial charge in [0.2, 0.25) is 11.8 Å². The van der Waals surface area contributed by atoms with E-state index in [1.54, 1.807) is 25.1 Å². The number of aromatic nitrogens is 2. The number of amides is 1. The maximum atomic E-state index is 13.2. The van der Waals surface area contributed by atoms with Crippen LogP contribution < -0.4 is 15.4 Å². The van der Waals surface area contributed by atoms with Gasteiger partial charge < -0.3 is 15.4 Å². The molecular formula is C17H21FN4O2. The first kappa shape index (κ1) is 17.7. The minimum Gasteiger partial charge on any atom is -0.467 e. The summed E-state index contributed by atoms with van der Waals surface area (Å²) >= 11 is 0. The van der Waals surface area contributed by atoms with Crippen molar-refractivity contribution in [3.05, 3.63) is 41.8 Å². The number of ether oxygens (including phenoxy) is 1. The monoisotopic (exact) mass is 332 g/mol. The Morgan fingerprint density at radius 2 is 2.12 bits per heavy atom. The molecule has 0 radical (unpaired) electrons. The van der Waals surface area contributed by atoms with Crippen molar-refractivity contribution in [1.82, 2.24) is 15.3 Å². The number of benzene rings is 1. The molecule has 0 atom stereocenters. The molecule has 0 unspecified atom stereocenters. The molecule has 2 aromatic rings. The van der Waals surface area contributed by atoms with Crippen molar-refractivity contribution >= 4 is 17.5 Å². The summed E-state index contributed by atoms with van der Waals surface area (Å²) in [5.41, 5.74) is 1.20. The first-order chi connectivity index (χ1) is 11.6. The Hall–Kier alpha value is -2.70. The van der Waals surface area contributed by atoms with Crippen LogP contribution in [0.2, 0.25) is 0 Å². The SMILES string of the molecule is CCCCNC(=O)COc1cc(C)nc(Nc2cccc(F)c2)n1. The highest BCUT2D eigenvalue weighted by Crippen LogP contribution is 2.17. The lowest BCUT2D eigenvalue weighted by Gasteiger charge is -2.10. The van der Waals surface area contributed by atoms with Gasteiger partial charge in [0.05, 0.1) is 0 Å². The average molecular weight is 332 g/mol. The van der Waals surface area contributed by atoms with E-state index < -0.39 is 0 Å². The number of aryl methyl sites for hydroxylation is 1. The van der Waals surface area contributed by atoms with Gasteiger partial charge in [-0.15, -0.1) is 0 Å². The fourth-order valence-corrected chi connectivity index (χ4v) is 1.96. The molecule has 6 nitrogen and oxygen atoms in total. The number of nitrogens with one attached hydrogen (secondary N) is 2. The Bertz CT molecular complexity index is 694. The predicted octanol–water partition coefficient (Wildman–Crippen LogP) is 2.96. The Balaban J connectivity index is 1.96. The maximum Gasteiger partial charge on any atom is 0.258 e. The van der Waals surface area contributed by atoms with Gasteiger partial charge in [-0.05, 0) is 31.5 Å². The van der Waals surface area contributed by atoms with Crippen molar-refractivity contribution in [3.63, 3.8) is 0 Å². The molecule has 2 N–H and O–H groups in total. The largest absolute Gasteiger partial charge is 0.467 e. The van der Waals surface area contributed by atoms with Crippen molar-refractivity contribution in [2.45, 2.75) is 26.7 Å². The molecule has 0 spiro atoms. The van der Waals surface area contributed by atoms with Crippen LogP contribution in [0.25, 0.3) is 0 Å². The number of rotatable bonds is 8. The second-order valence-electron chi connectivity index (χ2n) is 5.30. The summed E-state index contributed by atoms with van der Waals surface area (Å²) in [6.45, 7) is 4.36. The Labute approximate surface area is 140 Å². The third-order valence-corrected chi connectivity index (χ3v) is 3.12. The highest BCUT2D eigenvalue weighted by atomic mass is 19.1. The van der Waals surface area contributed by atoms with E-state index in [2.05, 4.69) is 27.5 Å². The zero-order valence-electron chi connectivity index (χ0n) is 13.8. The third kappa shape index (κ3) is 5.83. The highest BCUT2D eigenvalue weighted by molar-refractivity contribution is 5.77. The molecule has 1 amide bonds. The molecule has 0 aliphatic heterocycles. The molecule has 24 heavy (non-hydrogen) atoms. The molecule has 0 aliphatic rings. The van der Waals surface area contributed by atoms with E-state index in [-0.39, 0.29) is 30.2 Å². The normalized spacial score (nSPS) is 10.3. The summed E-state index contributed by atoms with van der Waals surface area (Å²) in [4.78, 5) is 20.1. The van der Waals surface area contributed by atoms with E-state index in [1.165, 1.54) is 12.1 Å². The first-order valence-electron chi connectivity index (χ1n) is 7.84. The summed E-state index contributed by atoms with van der Waals surface area (Å²) in [5.74, 6) is 0.0151. The first-order valence-corrected chi connectivity index (χ1v) is 7.84. The number of hydrogen-bond donors (Lipinski definition) is 2. The van der Waals surface area contributed by atoms with Gasteiger partial charge in [-0.1, -0.05) is 19.4 Å². The molecule has 0 aliphatic carbocycles. The molecule has 128 valence electrons. The molecule has 1 heterocycles. The maximum absolute atomic E-state index is 13.2. The number of halogens is 1. The number of carbonyl (C=O) groups is 1. The van der Waals surface area contributed by atoms with Crippen molar-refractivity contribution in [2.24, 2.45) is 0 Å². The number of carbonyl (C=O) groups excluding carboxylic acids is 1. The van der Waals surface area contributed by atoms with Crippen molar-refractivity contribution in [2.75, 3.05) is 18.5 Å². The van der Waals surface area contributed by atoms with Crippen molar-refractivity contribution < 1.29 is 13.9 Å². The van der Waals surface area contributed by atoms with Gasteiger partial charge in [-0.25, -0.2) is 9.37 Å². The van der Waals surface area contributed by atoms with E-state index in [1.807, 2.05) is 0 Å².